The van der Waals surface area contributed by atoms with Gasteiger partial charge in [0.25, 0.3) is 0 Å². The summed E-state index contributed by atoms with van der Waals surface area (Å²) >= 11 is 0. The topological polar surface area (TPSA) is 58.6 Å². The Hall–Kier alpha value is -2.04. The van der Waals surface area contributed by atoms with Crippen molar-refractivity contribution in [3.63, 3.8) is 0 Å². The number of ether oxygens (including phenoxy) is 1. The molecule has 1 atom stereocenters. The highest BCUT2D eigenvalue weighted by Gasteiger charge is 2.29. The number of rotatable bonds is 3. The van der Waals surface area contributed by atoms with Crippen molar-refractivity contribution in [2.45, 2.75) is 58.1 Å². The Morgan fingerprint density at radius 3 is 2.17 bits per heavy atom. The van der Waals surface area contributed by atoms with E-state index in [4.69, 9.17) is 4.74 Å². The lowest BCUT2D eigenvalue weighted by molar-refractivity contribution is -0.133. The number of nitrogens with zero attached hydrogens (tertiary/aromatic N) is 1. The third-order valence-electron chi connectivity index (χ3n) is 3.96. The lowest BCUT2D eigenvalue weighted by atomic mass is 10.1. The van der Waals surface area contributed by atoms with Gasteiger partial charge >= 0.3 is 6.09 Å². The van der Waals surface area contributed by atoms with Gasteiger partial charge in [0.05, 0.1) is 0 Å². The largest absolute Gasteiger partial charge is 0.444 e. The molecular formula is C19H28N2O3. The molecule has 5 heteroatoms. The zero-order valence-corrected chi connectivity index (χ0v) is 14.9. The van der Waals surface area contributed by atoms with E-state index in [2.05, 4.69) is 5.32 Å². The Bertz CT molecular complexity index is 543. The van der Waals surface area contributed by atoms with E-state index in [-0.39, 0.29) is 5.91 Å². The van der Waals surface area contributed by atoms with Crippen LogP contribution in [-0.4, -0.2) is 35.6 Å². The first-order valence-electron chi connectivity index (χ1n) is 8.70. The van der Waals surface area contributed by atoms with E-state index in [9.17, 15) is 9.59 Å². The number of likely N-dealkylation sites (tertiary alicyclic amines) is 1. The molecule has 2 rings (SSSR count). The highest BCUT2D eigenvalue weighted by atomic mass is 16.6. The molecule has 1 saturated heterocycles. The van der Waals surface area contributed by atoms with Crippen molar-refractivity contribution < 1.29 is 14.3 Å². The quantitative estimate of drug-likeness (QED) is 0.919. The van der Waals surface area contributed by atoms with Crippen LogP contribution in [0.5, 0.6) is 0 Å². The van der Waals surface area contributed by atoms with Crippen molar-refractivity contribution in [3.05, 3.63) is 35.9 Å². The first-order valence-corrected chi connectivity index (χ1v) is 8.70. The monoisotopic (exact) mass is 332 g/mol. The number of hydrogen-bond donors (Lipinski definition) is 1. The van der Waals surface area contributed by atoms with Crippen molar-refractivity contribution in [2.24, 2.45) is 0 Å². The number of hydrogen-bond acceptors (Lipinski definition) is 3. The number of carbonyl (C=O) groups is 2. The molecule has 0 saturated carbocycles. The minimum atomic E-state index is -0.709. The second kappa shape index (κ2) is 8.18. The Morgan fingerprint density at radius 1 is 1.04 bits per heavy atom. The number of alkyl carbamates (subject to hydrolysis) is 1. The molecule has 1 aromatic carbocycles. The van der Waals surface area contributed by atoms with Crippen LogP contribution >= 0.6 is 0 Å². The van der Waals surface area contributed by atoms with Gasteiger partial charge in [-0.15, -0.1) is 0 Å². The Labute approximate surface area is 144 Å². The second-order valence-electron chi connectivity index (χ2n) is 7.23. The summed E-state index contributed by atoms with van der Waals surface area (Å²) in [6, 6.07) is 8.64. The van der Waals surface area contributed by atoms with E-state index in [1.165, 1.54) is 0 Å². The van der Waals surface area contributed by atoms with Gasteiger partial charge in [-0.25, -0.2) is 4.79 Å². The summed E-state index contributed by atoms with van der Waals surface area (Å²) in [5, 5.41) is 2.75. The standard InChI is InChI=1S/C19H28N2O3/c1-19(2,3)24-18(23)20-16(15-11-7-6-8-12-15)17(22)21-13-9-4-5-10-14-21/h6-8,11-12,16H,4-5,9-10,13-14H2,1-3H3,(H,20,23). The van der Waals surface area contributed by atoms with Crippen molar-refractivity contribution in [1.29, 1.82) is 0 Å². The molecule has 1 aromatic rings. The summed E-state index contributed by atoms with van der Waals surface area (Å²) in [7, 11) is 0. The maximum absolute atomic E-state index is 13.0. The maximum Gasteiger partial charge on any atom is 0.408 e. The zero-order chi connectivity index (χ0) is 17.6. The molecule has 1 N–H and O–H groups in total. The molecule has 0 aromatic heterocycles. The van der Waals surface area contributed by atoms with E-state index in [1.54, 1.807) is 20.8 Å². The maximum atomic E-state index is 13.0. The minimum Gasteiger partial charge on any atom is -0.444 e. The highest BCUT2D eigenvalue weighted by Crippen LogP contribution is 2.20. The molecule has 132 valence electrons. The molecule has 1 fully saturated rings. The van der Waals surface area contributed by atoms with Crippen LogP contribution in [0.1, 0.15) is 58.1 Å². The van der Waals surface area contributed by atoms with Crippen molar-refractivity contribution in [3.8, 4) is 0 Å². The molecule has 0 bridgehead atoms. The number of carbonyl (C=O) groups excluding carboxylic acids is 2. The van der Waals surface area contributed by atoms with Crippen LogP contribution in [0.2, 0.25) is 0 Å². The van der Waals surface area contributed by atoms with Gasteiger partial charge < -0.3 is 15.0 Å². The molecule has 1 heterocycles. The van der Waals surface area contributed by atoms with E-state index in [1.807, 2.05) is 35.2 Å². The van der Waals surface area contributed by atoms with Crippen molar-refractivity contribution in [2.75, 3.05) is 13.1 Å². The van der Waals surface area contributed by atoms with E-state index < -0.39 is 17.7 Å². The Balaban J connectivity index is 2.16. The first kappa shape index (κ1) is 18.3. The van der Waals surface area contributed by atoms with Crippen LogP contribution in [0, 0.1) is 0 Å². The summed E-state index contributed by atoms with van der Waals surface area (Å²) in [6.07, 6.45) is 3.76. The van der Waals surface area contributed by atoms with Crippen LogP contribution in [0.15, 0.2) is 30.3 Å². The van der Waals surface area contributed by atoms with Crippen LogP contribution < -0.4 is 5.32 Å². The first-order chi connectivity index (χ1) is 11.4. The van der Waals surface area contributed by atoms with Gasteiger partial charge in [0, 0.05) is 13.1 Å². The minimum absolute atomic E-state index is 0.0611. The fourth-order valence-electron chi connectivity index (χ4n) is 2.83. The highest BCUT2D eigenvalue weighted by molar-refractivity contribution is 5.87. The molecule has 2 amide bonds. The van der Waals surface area contributed by atoms with Gasteiger partial charge in [-0.3, -0.25) is 4.79 Å². The van der Waals surface area contributed by atoms with Crippen LogP contribution in [0.25, 0.3) is 0 Å². The van der Waals surface area contributed by atoms with Gasteiger partial charge in [0.15, 0.2) is 0 Å². The SMILES string of the molecule is CC(C)(C)OC(=O)NC(C(=O)N1CCCCCC1)c1ccccc1. The summed E-state index contributed by atoms with van der Waals surface area (Å²) in [5.41, 5.74) is 0.175. The summed E-state index contributed by atoms with van der Waals surface area (Å²) < 4.78 is 5.33. The third kappa shape index (κ3) is 5.55. The number of amides is 2. The smallest absolute Gasteiger partial charge is 0.408 e. The van der Waals surface area contributed by atoms with Gasteiger partial charge in [-0.1, -0.05) is 43.2 Å². The van der Waals surface area contributed by atoms with Crippen LogP contribution in [0.3, 0.4) is 0 Å². The van der Waals surface area contributed by atoms with Crippen LogP contribution in [0.4, 0.5) is 4.79 Å². The molecule has 0 radical (unpaired) electrons. The number of nitrogens with one attached hydrogen (secondary N) is 1. The lowest BCUT2D eigenvalue weighted by Gasteiger charge is -2.28. The second-order valence-corrected chi connectivity index (χ2v) is 7.23. The Kier molecular flexibility index (Phi) is 6.23. The van der Waals surface area contributed by atoms with Gasteiger partial charge in [-0.05, 0) is 39.2 Å². The average molecular weight is 332 g/mol. The lowest BCUT2D eigenvalue weighted by Crippen LogP contribution is -2.44. The fraction of sp³-hybridized carbons (Fsp3) is 0.579. The number of benzene rings is 1. The molecule has 0 aliphatic carbocycles. The van der Waals surface area contributed by atoms with Gasteiger partial charge in [0.1, 0.15) is 11.6 Å². The Morgan fingerprint density at radius 2 is 1.62 bits per heavy atom. The van der Waals surface area contributed by atoms with E-state index >= 15 is 0 Å². The molecule has 5 nitrogen and oxygen atoms in total. The predicted molar refractivity (Wildman–Crippen MR) is 93.6 cm³/mol. The van der Waals surface area contributed by atoms with Crippen molar-refractivity contribution >= 4 is 12.0 Å². The molecular weight excluding hydrogens is 304 g/mol. The van der Waals surface area contributed by atoms with Gasteiger partial charge in [0.2, 0.25) is 5.91 Å². The molecule has 0 spiro atoms. The molecule has 1 unspecified atom stereocenters. The van der Waals surface area contributed by atoms with Crippen LogP contribution in [-0.2, 0) is 9.53 Å². The van der Waals surface area contributed by atoms with Gasteiger partial charge in [-0.2, -0.15) is 0 Å². The predicted octanol–water partition coefficient (Wildman–Crippen LogP) is 3.66. The fourth-order valence-corrected chi connectivity index (χ4v) is 2.83. The van der Waals surface area contributed by atoms with E-state index in [0.29, 0.717) is 0 Å². The third-order valence-corrected chi connectivity index (χ3v) is 3.96. The molecule has 1 aliphatic heterocycles. The zero-order valence-electron chi connectivity index (χ0n) is 14.9. The normalized spacial score (nSPS) is 16.9. The average Bonchev–Trinajstić information content (AvgIpc) is 2.80. The molecule has 1 aliphatic rings. The molecule has 24 heavy (non-hydrogen) atoms. The summed E-state index contributed by atoms with van der Waals surface area (Å²) in [4.78, 5) is 27.1. The summed E-state index contributed by atoms with van der Waals surface area (Å²) in [6.45, 7) is 6.92. The van der Waals surface area contributed by atoms with E-state index in [0.717, 1.165) is 44.3 Å². The summed E-state index contributed by atoms with van der Waals surface area (Å²) in [5.74, 6) is -0.0611. The van der Waals surface area contributed by atoms with Crippen molar-refractivity contribution in [1.82, 2.24) is 10.2 Å².